The zero-order valence-corrected chi connectivity index (χ0v) is 19.3. The maximum Gasteiger partial charge on any atom is 0.248 e. The normalized spacial score (nSPS) is 19.5. The van der Waals surface area contributed by atoms with Gasteiger partial charge in [0.25, 0.3) is 0 Å². The lowest BCUT2D eigenvalue weighted by Crippen LogP contribution is -2.32. The Bertz CT molecular complexity index is 1380. The fraction of sp³-hybridized carbons (Fsp3) is 0.304. The minimum atomic E-state index is -0.843. The van der Waals surface area contributed by atoms with Crippen molar-refractivity contribution in [2.45, 2.75) is 44.9 Å². The Hall–Kier alpha value is -4.16. The van der Waals surface area contributed by atoms with Crippen LogP contribution >= 0.6 is 0 Å². The predicted octanol–water partition coefficient (Wildman–Crippen LogP) is 0.969. The summed E-state index contributed by atoms with van der Waals surface area (Å²) in [5.41, 5.74) is 26.5. The summed E-state index contributed by atoms with van der Waals surface area (Å²) < 4.78 is 16.1. The third kappa shape index (κ3) is 4.02. The van der Waals surface area contributed by atoms with E-state index in [0.29, 0.717) is 35.2 Å². The third-order valence-electron chi connectivity index (χ3n) is 6.13. The van der Waals surface area contributed by atoms with Crippen LogP contribution in [0.15, 0.2) is 36.4 Å². The highest BCUT2D eigenvalue weighted by Crippen LogP contribution is 2.33. The molecule has 0 spiro atoms. The SMILES string of the molecule is CC1(C)O[C@H](Cn2c(N)nc3cc(C(N)=O)ccc32)[C@@H](Cn2c(N)nc3cc(C(N)=O)ccc32)O1. The van der Waals surface area contributed by atoms with E-state index in [1.54, 1.807) is 36.4 Å². The van der Waals surface area contributed by atoms with E-state index >= 15 is 0 Å². The number of hydrogen-bond acceptors (Lipinski definition) is 8. The summed E-state index contributed by atoms with van der Waals surface area (Å²) in [5, 5.41) is 0. The van der Waals surface area contributed by atoms with Crippen LogP contribution in [0.1, 0.15) is 34.6 Å². The van der Waals surface area contributed by atoms with Crippen molar-refractivity contribution in [1.29, 1.82) is 0 Å². The summed E-state index contributed by atoms with van der Waals surface area (Å²) in [6, 6.07) is 9.99. The fourth-order valence-electron chi connectivity index (χ4n) is 4.57. The van der Waals surface area contributed by atoms with Gasteiger partial charge in [0.15, 0.2) is 5.79 Å². The third-order valence-corrected chi connectivity index (χ3v) is 6.13. The van der Waals surface area contributed by atoms with Gasteiger partial charge in [0.1, 0.15) is 12.2 Å². The topological polar surface area (TPSA) is 192 Å². The molecule has 0 aliphatic carbocycles. The molecular formula is C23H26N8O4. The van der Waals surface area contributed by atoms with Gasteiger partial charge in [0.2, 0.25) is 23.7 Å². The molecule has 1 aliphatic rings. The number of nitrogens with two attached hydrogens (primary N) is 4. The molecule has 0 radical (unpaired) electrons. The van der Waals surface area contributed by atoms with Crippen LogP contribution in [-0.4, -0.2) is 48.9 Å². The van der Waals surface area contributed by atoms with Crippen LogP contribution in [0.25, 0.3) is 22.1 Å². The Morgan fingerprint density at radius 1 is 0.829 bits per heavy atom. The van der Waals surface area contributed by atoms with E-state index in [9.17, 15) is 9.59 Å². The van der Waals surface area contributed by atoms with Gasteiger partial charge in [-0.2, -0.15) is 0 Å². The van der Waals surface area contributed by atoms with Gasteiger partial charge in [-0.25, -0.2) is 9.97 Å². The number of benzene rings is 2. The number of aromatic nitrogens is 4. The van der Waals surface area contributed by atoms with E-state index in [1.807, 2.05) is 23.0 Å². The van der Waals surface area contributed by atoms with Crippen LogP contribution in [-0.2, 0) is 22.6 Å². The molecule has 0 saturated carbocycles. The molecular weight excluding hydrogens is 452 g/mol. The predicted molar refractivity (Wildman–Crippen MR) is 129 cm³/mol. The Balaban J connectivity index is 1.47. The molecule has 182 valence electrons. The number of imidazole rings is 2. The van der Waals surface area contributed by atoms with E-state index in [1.165, 1.54) is 0 Å². The van der Waals surface area contributed by atoms with Crippen molar-refractivity contribution in [1.82, 2.24) is 19.1 Å². The van der Waals surface area contributed by atoms with Crippen LogP contribution in [0.3, 0.4) is 0 Å². The zero-order chi connectivity index (χ0) is 25.1. The van der Waals surface area contributed by atoms with Crippen LogP contribution in [0.2, 0.25) is 0 Å². The first-order chi connectivity index (χ1) is 16.5. The number of carbonyl (C=O) groups excluding carboxylic acids is 2. The lowest BCUT2D eigenvalue weighted by atomic mass is 10.1. The number of fused-ring (bicyclic) bond motifs is 2. The second kappa shape index (κ2) is 7.96. The molecule has 0 unspecified atom stereocenters. The van der Waals surface area contributed by atoms with Crippen LogP contribution in [0, 0.1) is 0 Å². The number of carbonyl (C=O) groups is 2. The first kappa shape index (κ1) is 22.6. The Kier molecular flexibility index (Phi) is 5.15. The molecule has 1 saturated heterocycles. The monoisotopic (exact) mass is 478 g/mol. The molecule has 2 aromatic heterocycles. The van der Waals surface area contributed by atoms with E-state index in [2.05, 4.69) is 9.97 Å². The van der Waals surface area contributed by atoms with Gasteiger partial charge in [0.05, 0.1) is 35.2 Å². The molecule has 35 heavy (non-hydrogen) atoms. The zero-order valence-electron chi connectivity index (χ0n) is 19.3. The standard InChI is InChI=1S/C23H26N8O4/c1-23(2)34-17(9-30-15-5-3-11(19(24)32)7-13(15)28-21(30)26)18(35-23)10-31-16-6-4-12(20(25)33)8-14(16)29-22(31)27/h3-8,17-18H,9-10H2,1-2H3,(H2,24,32)(H2,25,33)(H2,26,28)(H2,27,29)/t17-,18-/m1/s1. The minimum Gasteiger partial charge on any atom is -0.369 e. The van der Waals surface area contributed by atoms with E-state index in [-0.39, 0.29) is 11.9 Å². The Morgan fingerprint density at radius 3 is 1.60 bits per heavy atom. The lowest BCUT2D eigenvalue weighted by molar-refractivity contribution is -0.147. The van der Waals surface area contributed by atoms with Crippen molar-refractivity contribution in [3.8, 4) is 0 Å². The summed E-state index contributed by atoms with van der Waals surface area (Å²) in [6.45, 7) is 4.38. The number of anilines is 2. The highest BCUT2D eigenvalue weighted by Gasteiger charge is 2.42. The van der Waals surface area contributed by atoms with Crippen LogP contribution < -0.4 is 22.9 Å². The lowest BCUT2D eigenvalue weighted by Gasteiger charge is -2.20. The summed E-state index contributed by atoms with van der Waals surface area (Å²) in [7, 11) is 0. The molecule has 12 heteroatoms. The Labute approximate surface area is 199 Å². The molecule has 8 N–H and O–H groups in total. The van der Waals surface area contributed by atoms with Gasteiger partial charge in [-0.05, 0) is 50.2 Å². The number of rotatable bonds is 6. The highest BCUT2D eigenvalue weighted by molar-refractivity contribution is 5.97. The highest BCUT2D eigenvalue weighted by atomic mass is 16.8. The first-order valence-corrected chi connectivity index (χ1v) is 11.0. The molecule has 1 aliphatic heterocycles. The fourth-order valence-corrected chi connectivity index (χ4v) is 4.57. The average Bonchev–Trinajstić information content (AvgIpc) is 3.37. The van der Waals surface area contributed by atoms with Crippen molar-refractivity contribution < 1.29 is 19.1 Å². The largest absolute Gasteiger partial charge is 0.369 e. The molecule has 3 heterocycles. The van der Waals surface area contributed by atoms with Crippen molar-refractivity contribution in [2.75, 3.05) is 11.5 Å². The molecule has 2 atom stereocenters. The number of hydrogen-bond donors (Lipinski definition) is 4. The van der Waals surface area contributed by atoms with Gasteiger partial charge in [0, 0.05) is 11.1 Å². The molecule has 2 aromatic carbocycles. The van der Waals surface area contributed by atoms with Gasteiger partial charge in [-0.15, -0.1) is 0 Å². The molecule has 0 bridgehead atoms. The van der Waals surface area contributed by atoms with Crippen LogP contribution in [0.4, 0.5) is 11.9 Å². The first-order valence-electron chi connectivity index (χ1n) is 11.0. The number of nitrogens with zero attached hydrogens (tertiary/aromatic N) is 4. The molecule has 2 amide bonds. The summed E-state index contributed by atoms with van der Waals surface area (Å²) in [6.07, 6.45) is -0.801. The molecule has 1 fully saturated rings. The average molecular weight is 479 g/mol. The minimum absolute atomic E-state index is 0.278. The van der Waals surface area contributed by atoms with Crippen molar-refractivity contribution in [2.24, 2.45) is 11.5 Å². The summed E-state index contributed by atoms with van der Waals surface area (Å²) in [4.78, 5) is 31.8. The van der Waals surface area contributed by atoms with Gasteiger partial charge in [-0.3, -0.25) is 9.59 Å². The number of primary amides is 2. The van der Waals surface area contributed by atoms with Crippen molar-refractivity contribution in [3.05, 3.63) is 47.5 Å². The molecule has 5 rings (SSSR count). The van der Waals surface area contributed by atoms with E-state index < -0.39 is 29.8 Å². The number of nitrogen functional groups attached to an aromatic ring is 2. The van der Waals surface area contributed by atoms with Gasteiger partial charge < -0.3 is 41.5 Å². The van der Waals surface area contributed by atoms with E-state index in [4.69, 9.17) is 32.4 Å². The van der Waals surface area contributed by atoms with Crippen molar-refractivity contribution >= 4 is 45.8 Å². The maximum absolute atomic E-state index is 11.5. The molecule has 12 nitrogen and oxygen atoms in total. The summed E-state index contributed by atoms with van der Waals surface area (Å²) >= 11 is 0. The van der Waals surface area contributed by atoms with Gasteiger partial charge >= 0.3 is 0 Å². The van der Waals surface area contributed by atoms with Crippen LogP contribution in [0.5, 0.6) is 0 Å². The second-order valence-electron chi connectivity index (χ2n) is 9.01. The smallest absolute Gasteiger partial charge is 0.248 e. The second-order valence-corrected chi connectivity index (χ2v) is 9.01. The van der Waals surface area contributed by atoms with Crippen molar-refractivity contribution in [3.63, 3.8) is 0 Å². The number of amides is 2. The summed E-state index contributed by atoms with van der Waals surface area (Å²) in [5.74, 6) is -1.37. The van der Waals surface area contributed by atoms with E-state index in [0.717, 1.165) is 11.0 Å². The quantitative estimate of drug-likeness (QED) is 0.315. The Morgan fingerprint density at radius 2 is 1.23 bits per heavy atom. The molecule has 4 aromatic rings. The maximum atomic E-state index is 11.5. The number of ether oxygens (including phenoxy) is 2. The van der Waals surface area contributed by atoms with Gasteiger partial charge in [-0.1, -0.05) is 0 Å².